The summed E-state index contributed by atoms with van der Waals surface area (Å²) in [6.07, 6.45) is 1.66. The number of anilines is 1. The number of hydrogen-bond donors (Lipinski definition) is 1. The third-order valence-corrected chi connectivity index (χ3v) is 3.96. The lowest BCUT2D eigenvalue weighted by molar-refractivity contribution is 0.0564. The van der Waals surface area contributed by atoms with Crippen molar-refractivity contribution in [3.05, 3.63) is 28.3 Å². The average Bonchev–Trinajstić information content (AvgIpc) is 2.48. The van der Waals surface area contributed by atoms with E-state index >= 15 is 0 Å². The van der Waals surface area contributed by atoms with E-state index in [1.165, 1.54) is 0 Å². The molecule has 1 aliphatic rings. The second-order valence-electron chi connectivity index (χ2n) is 4.80. The lowest BCUT2D eigenvalue weighted by atomic mass is 10.0. The third-order valence-electron chi connectivity index (χ3n) is 3.61. The van der Waals surface area contributed by atoms with E-state index in [0.29, 0.717) is 31.3 Å². The molecule has 2 amide bonds. The molecule has 20 heavy (non-hydrogen) atoms. The van der Waals surface area contributed by atoms with Gasteiger partial charge in [0.05, 0.1) is 18.9 Å². The fourth-order valence-electron chi connectivity index (χ4n) is 2.42. The molecule has 0 saturated carbocycles. The number of nitrogens with zero attached hydrogens (tertiary/aromatic N) is 1. The van der Waals surface area contributed by atoms with Crippen molar-refractivity contribution in [1.29, 1.82) is 0 Å². The summed E-state index contributed by atoms with van der Waals surface area (Å²) in [5.74, 6) is 0. The number of urea groups is 1. The number of morpholine rings is 1. The van der Waals surface area contributed by atoms with Gasteiger partial charge in [-0.3, -0.25) is 0 Å². The number of hydrogen-bond acceptors (Lipinski definition) is 2. The highest BCUT2D eigenvalue weighted by Gasteiger charge is 2.19. The molecular formula is C15H21ClN2O2. The minimum Gasteiger partial charge on any atom is -0.378 e. The number of rotatable bonds is 3. The highest BCUT2D eigenvalue weighted by molar-refractivity contribution is 6.31. The molecule has 1 aliphatic heterocycles. The maximum atomic E-state index is 12.3. The van der Waals surface area contributed by atoms with Crippen molar-refractivity contribution < 1.29 is 9.53 Å². The molecular weight excluding hydrogens is 276 g/mol. The highest BCUT2D eigenvalue weighted by atomic mass is 35.5. The predicted molar refractivity (Wildman–Crippen MR) is 81.6 cm³/mol. The number of nitrogens with one attached hydrogen (secondary N) is 1. The number of ether oxygens (including phenoxy) is 1. The summed E-state index contributed by atoms with van der Waals surface area (Å²) in [4.78, 5) is 14.1. The van der Waals surface area contributed by atoms with Crippen LogP contribution in [0.3, 0.4) is 0 Å². The zero-order valence-corrected chi connectivity index (χ0v) is 12.8. The summed E-state index contributed by atoms with van der Waals surface area (Å²) in [5, 5.41) is 3.75. The average molecular weight is 297 g/mol. The van der Waals surface area contributed by atoms with Gasteiger partial charge in [0, 0.05) is 18.1 Å². The smallest absolute Gasteiger partial charge is 0.322 e. The molecule has 110 valence electrons. The van der Waals surface area contributed by atoms with Crippen LogP contribution in [0.2, 0.25) is 5.02 Å². The maximum absolute atomic E-state index is 12.3. The van der Waals surface area contributed by atoms with E-state index in [1.807, 2.05) is 19.1 Å². The Morgan fingerprint density at radius 1 is 1.30 bits per heavy atom. The second kappa shape index (κ2) is 6.95. The molecule has 1 aromatic carbocycles. The number of halogens is 1. The van der Waals surface area contributed by atoms with Gasteiger partial charge in [-0.15, -0.1) is 0 Å². The molecule has 1 saturated heterocycles. The summed E-state index contributed by atoms with van der Waals surface area (Å²) in [6, 6.07) is 3.82. The van der Waals surface area contributed by atoms with Crippen LogP contribution in [0, 0.1) is 0 Å². The minimum atomic E-state index is -0.0695. The highest BCUT2D eigenvalue weighted by Crippen LogP contribution is 2.29. The first-order valence-corrected chi connectivity index (χ1v) is 7.49. The molecule has 0 radical (unpaired) electrons. The van der Waals surface area contributed by atoms with Crippen LogP contribution in [0.5, 0.6) is 0 Å². The molecule has 0 aliphatic carbocycles. The molecule has 0 unspecified atom stereocenters. The Bertz CT molecular complexity index is 485. The Hall–Kier alpha value is -1.26. The molecule has 5 heteroatoms. The minimum absolute atomic E-state index is 0.0695. The Balaban J connectivity index is 2.22. The van der Waals surface area contributed by atoms with Gasteiger partial charge in [-0.05, 0) is 30.0 Å². The van der Waals surface area contributed by atoms with Crippen molar-refractivity contribution in [3.63, 3.8) is 0 Å². The van der Waals surface area contributed by atoms with Gasteiger partial charge in [-0.2, -0.15) is 0 Å². The van der Waals surface area contributed by atoms with Crippen molar-refractivity contribution in [2.45, 2.75) is 26.7 Å². The van der Waals surface area contributed by atoms with Crippen LogP contribution in [0.15, 0.2) is 12.1 Å². The SMILES string of the molecule is CCc1ccc(Cl)c(CC)c1NC(=O)N1CCOCC1. The first-order chi connectivity index (χ1) is 9.67. The van der Waals surface area contributed by atoms with Gasteiger partial charge in [0.1, 0.15) is 0 Å². The van der Waals surface area contributed by atoms with Gasteiger partial charge in [-0.25, -0.2) is 4.79 Å². The molecule has 1 aromatic rings. The lowest BCUT2D eigenvalue weighted by Gasteiger charge is -2.28. The molecule has 2 rings (SSSR count). The number of carbonyl (C=O) groups is 1. The van der Waals surface area contributed by atoms with Gasteiger partial charge in [0.25, 0.3) is 0 Å². The van der Waals surface area contributed by atoms with Crippen LogP contribution in [0.1, 0.15) is 25.0 Å². The Labute approximate surface area is 125 Å². The van der Waals surface area contributed by atoms with Crippen LogP contribution >= 0.6 is 11.6 Å². The number of benzene rings is 1. The third kappa shape index (κ3) is 3.25. The van der Waals surface area contributed by atoms with Crippen molar-refractivity contribution in [1.82, 2.24) is 4.90 Å². The number of amides is 2. The summed E-state index contributed by atoms with van der Waals surface area (Å²) in [5.41, 5.74) is 3.00. The first-order valence-electron chi connectivity index (χ1n) is 7.11. The van der Waals surface area contributed by atoms with E-state index in [1.54, 1.807) is 4.90 Å². The van der Waals surface area contributed by atoms with Crippen LogP contribution in [-0.4, -0.2) is 37.2 Å². The summed E-state index contributed by atoms with van der Waals surface area (Å²) >= 11 is 6.24. The maximum Gasteiger partial charge on any atom is 0.322 e. The van der Waals surface area contributed by atoms with Gasteiger partial charge in [0.2, 0.25) is 0 Å². The predicted octanol–water partition coefficient (Wildman–Crippen LogP) is 3.33. The van der Waals surface area contributed by atoms with Crippen LogP contribution in [0.4, 0.5) is 10.5 Å². The quantitative estimate of drug-likeness (QED) is 0.929. The van der Waals surface area contributed by atoms with E-state index in [9.17, 15) is 4.79 Å². The van der Waals surface area contributed by atoms with Gasteiger partial charge in [-0.1, -0.05) is 31.5 Å². The molecule has 1 heterocycles. The van der Waals surface area contributed by atoms with Gasteiger partial charge in [0.15, 0.2) is 0 Å². The van der Waals surface area contributed by atoms with Crippen LogP contribution < -0.4 is 5.32 Å². The Morgan fingerprint density at radius 3 is 2.60 bits per heavy atom. The van der Waals surface area contributed by atoms with E-state index in [0.717, 1.165) is 29.7 Å². The summed E-state index contributed by atoms with van der Waals surface area (Å²) in [7, 11) is 0. The lowest BCUT2D eigenvalue weighted by Crippen LogP contribution is -2.43. The van der Waals surface area contributed by atoms with Crippen LogP contribution in [0.25, 0.3) is 0 Å². The standard InChI is InChI=1S/C15H21ClN2O2/c1-3-11-5-6-13(16)12(4-2)14(11)17-15(19)18-7-9-20-10-8-18/h5-6H,3-4,7-10H2,1-2H3,(H,17,19). The normalized spacial score (nSPS) is 15.2. The molecule has 0 spiro atoms. The number of carbonyl (C=O) groups excluding carboxylic acids is 1. The molecule has 4 nitrogen and oxygen atoms in total. The fraction of sp³-hybridized carbons (Fsp3) is 0.533. The van der Waals surface area contributed by atoms with Crippen molar-refractivity contribution in [3.8, 4) is 0 Å². The molecule has 1 N–H and O–H groups in total. The van der Waals surface area contributed by atoms with E-state index in [2.05, 4.69) is 12.2 Å². The Kier molecular flexibility index (Phi) is 5.26. The Morgan fingerprint density at radius 2 is 2.00 bits per heavy atom. The van der Waals surface area contributed by atoms with Gasteiger partial charge >= 0.3 is 6.03 Å². The summed E-state index contributed by atoms with van der Waals surface area (Å²) < 4.78 is 5.27. The first kappa shape index (κ1) is 15.1. The molecule has 0 aromatic heterocycles. The van der Waals surface area contributed by atoms with E-state index < -0.39 is 0 Å². The van der Waals surface area contributed by atoms with Crippen molar-refractivity contribution in [2.24, 2.45) is 0 Å². The molecule has 1 fully saturated rings. The molecule has 0 atom stereocenters. The monoisotopic (exact) mass is 296 g/mol. The van der Waals surface area contributed by atoms with Crippen molar-refractivity contribution in [2.75, 3.05) is 31.6 Å². The largest absolute Gasteiger partial charge is 0.378 e. The van der Waals surface area contributed by atoms with Crippen LogP contribution in [-0.2, 0) is 17.6 Å². The molecule has 0 bridgehead atoms. The zero-order valence-electron chi connectivity index (χ0n) is 12.0. The zero-order chi connectivity index (χ0) is 14.5. The fourth-order valence-corrected chi connectivity index (χ4v) is 2.71. The topological polar surface area (TPSA) is 41.6 Å². The summed E-state index contributed by atoms with van der Waals surface area (Å²) in [6.45, 7) is 6.59. The number of aryl methyl sites for hydroxylation is 1. The second-order valence-corrected chi connectivity index (χ2v) is 5.20. The van der Waals surface area contributed by atoms with E-state index in [-0.39, 0.29) is 6.03 Å². The van der Waals surface area contributed by atoms with E-state index in [4.69, 9.17) is 16.3 Å². The van der Waals surface area contributed by atoms with Gasteiger partial charge < -0.3 is 15.0 Å². The van der Waals surface area contributed by atoms with Crippen molar-refractivity contribution >= 4 is 23.3 Å².